The number of rotatable bonds is 12. The minimum absolute atomic E-state index is 0.231. The summed E-state index contributed by atoms with van der Waals surface area (Å²) in [6, 6.07) is 15.4. The van der Waals surface area contributed by atoms with E-state index in [1.54, 1.807) is 38.4 Å². The summed E-state index contributed by atoms with van der Waals surface area (Å²) >= 11 is 0. The number of fused-ring (bicyclic) bond motifs is 1. The lowest BCUT2D eigenvalue weighted by Gasteiger charge is -2.28. The molecule has 0 unspecified atom stereocenters. The molecule has 2 amide bonds. The van der Waals surface area contributed by atoms with Crippen molar-refractivity contribution in [1.82, 2.24) is 25.3 Å². The van der Waals surface area contributed by atoms with Gasteiger partial charge in [0.1, 0.15) is 23.9 Å². The molecule has 1 saturated heterocycles. The number of urea groups is 1. The Morgan fingerprint density at radius 2 is 1.49 bits per heavy atom. The molecular weight excluding hydrogens is 628 g/mol. The lowest BCUT2D eigenvalue weighted by atomic mass is 10.1. The van der Waals surface area contributed by atoms with Crippen LogP contribution in [-0.2, 0) is 33.8 Å². The van der Waals surface area contributed by atoms with Gasteiger partial charge >= 0.3 is 12.0 Å². The number of amides is 2. The summed E-state index contributed by atoms with van der Waals surface area (Å²) in [7, 11) is 3.30. The van der Waals surface area contributed by atoms with Crippen LogP contribution in [0.5, 0.6) is 11.5 Å². The second-order valence-electron chi connectivity index (χ2n) is 11.5. The van der Waals surface area contributed by atoms with Gasteiger partial charge in [0.15, 0.2) is 0 Å². The largest absolute Gasteiger partial charge is 0.497 e. The van der Waals surface area contributed by atoms with Gasteiger partial charge in [-0.05, 0) is 48.7 Å². The Kier molecular flexibility index (Phi) is 10.6. The van der Waals surface area contributed by atoms with Crippen molar-refractivity contribution < 1.29 is 28.5 Å². The third-order valence-electron chi connectivity index (χ3n) is 8.30. The van der Waals surface area contributed by atoms with Crippen molar-refractivity contribution in [3.63, 3.8) is 0 Å². The van der Waals surface area contributed by atoms with Crippen molar-refractivity contribution in [2.24, 2.45) is 0 Å². The number of morpholine rings is 1. The number of hydrogen-bond acceptors (Lipinski definition) is 12. The van der Waals surface area contributed by atoms with Gasteiger partial charge in [-0.25, -0.2) is 19.7 Å². The van der Waals surface area contributed by atoms with E-state index in [0.717, 1.165) is 28.2 Å². The molecule has 1 fully saturated rings. The number of benzene rings is 2. The van der Waals surface area contributed by atoms with Crippen molar-refractivity contribution in [3.05, 3.63) is 77.6 Å². The van der Waals surface area contributed by atoms with Crippen LogP contribution in [0.4, 0.5) is 22.5 Å². The molecule has 2 aliphatic heterocycles. The molecule has 0 spiro atoms. The fraction of sp³-hybridized carbons (Fsp3) is 0.371. The molecule has 2 aromatic carbocycles. The summed E-state index contributed by atoms with van der Waals surface area (Å²) in [4.78, 5) is 50.3. The van der Waals surface area contributed by atoms with Crippen LogP contribution in [-0.4, -0.2) is 92.2 Å². The van der Waals surface area contributed by atoms with Crippen LogP contribution in [0, 0.1) is 0 Å². The zero-order valence-electron chi connectivity index (χ0n) is 27.9. The molecule has 4 aromatic rings. The van der Waals surface area contributed by atoms with Crippen molar-refractivity contribution in [3.8, 4) is 22.8 Å². The number of carbonyl (C=O) groups excluding carboxylic acids is 2. The molecule has 2 aliphatic rings. The number of hydrogen-bond donors (Lipinski definition) is 1. The van der Waals surface area contributed by atoms with Crippen LogP contribution in [0.3, 0.4) is 0 Å². The molecule has 256 valence electrons. The van der Waals surface area contributed by atoms with Crippen LogP contribution in [0.25, 0.3) is 11.3 Å². The topological polar surface area (TPSA) is 144 Å². The molecule has 0 saturated carbocycles. The van der Waals surface area contributed by atoms with Gasteiger partial charge in [0.25, 0.3) is 0 Å². The standard InChI is InChI=1S/C35H40N8O6/c1-4-49-30(44)21-38-35(45)43-14-13-29-31(39-34(40-32(29)43)41-15-17-48-18-16-41)26-19-36-33(37-20-26)42(22-24-5-9-27(46-2)10-6-24)23-25-7-11-28(47-3)12-8-25/h5-12,19-20H,4,13-18,21-23H2,1-3H3,(H,38,45). The van der Waals surface area contributed by atoms with Crippen LogP contribution < -0.4 is 29.5 Å². The fourth-order valence-electron chi connectivity index (χ4n) is 5.75. The smallest absolute Gasteiger partial charge is 0.325 e. The minimum atomic E-state index is -0.502. The minimum Gasteiger partial charge on any atom is -0.497 e. The summed E-state index contributed by atoms with van der Waals surface area (Å²) in [6.45, 7) is 5.58. The van der Waals surface area contributed by atoms with Gasteiger partial charge in [-0.1, -0.05) is 24.3 Å². The number of nitrogens with zero attached hydrogens (tertiary/aromatic N) is 7. The Bertz CT molecular complexity index is 1680. The van der Waals surface area contributed by atoms with Gasteiger partial charge < -0.3 is 34.1 Å². The summed E-state index contributed by atoms with van der Waals surface area (Å²) in [5, 5.41) is 2.66. The number of aromatic nitrogens is 4. The fourth-order valence-corrected chi connectivity index (χ4v) is 5.75. The van der Waals surface area contributed by atoms with Gasteiger partial charge in [0.05, 0.1) is 39.7 Å². The first-order valence-electron chi connectivity index (χ1n) is 16.2. The monoisotopic (exact) mass is 668 g/mol. The molecule has 0 radical (unpaired) electrons. The first kappa shape index (κ1) is 33.4. The maximum atomic E-state index is 13.2. The van der Waals surface area contributed by atoms with E-state index >= 15 is 0 Å². The summed E-state index contributed by atoms with van der Waals surface area (Å²) in [6.07, 6.45) is 4.07. The molecule has 6 rings (SSSR count). The van der Waals surface area contributed by atoms with Gasteiger partial charge in [-0.2, -0.15) is 4.98 Å². The Morgan fingerprint density at radius 1 is 0.878 bits per heavy atom. The van der Waals surface area contributed by atoms with Crippen LogP contribution in [0.1, 0.15) is 23.6 Å². The van der Waals surface area contributed by atoms with Crippen LogP contribution in [0.15, 0.2) is 60.9 Å². The third-order valence-corrected chi connectivity index (χ3v) is 8.30. The molecule has 1 N–H and O–H groups in total. The summed E-state index contributed by atoms with van der Waals surface area (Å²) < 4.78 is 21.2. The zero-order valence-corrected chi connectivity index (χ0v) is 27.9. The Morgan fingerprint density at radius 3 is 2.06 bits per heavy atom. The molecule has 0 bridgehead atoms. The molecule has 14 heteroatoms. The average Bonchev–Trinajstić information content (AvgIpc) is 3.59. The third kappa shape index (κ3) is 7.97. The van der Waals surface area contributed by atoms with E-state index in [2.05, 4.69) is 10.2 Å². The number of carbonyl (C=O) groups is 2. The van der Waals surface area contributed by atoms with E-state index in [1.807, 2.05) is 53.4 Å². The number of methoxy groups -OCH3 is 2. The number of anilines is 3. The van der Waals surface area contributed by atoms with Gasteiger partial charge in [0, 0.05) is 56.2 Å². The predicted molar refractivity (Wildman–Crippen MR) is 183 cm³/mol. The van der Waals surface area contributed by atoms with E-state index in [-0.39, 0.29) is 13.2 Å². The van der Waals surface area contributed by atoms with Crippen molar-refractivity contribution >= 4 is 29.7 Å². The highest BCUT2D eigenvalue weighted by atomic mass is 16.5. The maximum absolute atomic E-state index is 13.2. The first-order chi connectivity index (χ1) is 23.9. The Balaban J connectivity index is 1.31. The average molecular weight is 669 g/mol. The normalized spacial score (nSPS) is 13.9. The molecule has 49 heavy (non-hydrogen) atoms. The molecule has 14 nitrogen and oxygen atoms in total. The lowest BCUT2D eigenvalue weighted by Crippen LogP contribution is -2.42. The van der Waals surface area contributed by atoms with Crippen molar-refractivity contribution in [2.45, 2.75) is 26.4 Å². The Hall–Kier alpha value is -5.50. The lowest BCUT2D eigenvalue weighted by molar-refractivity contribution is -0.141. The van der Waals surface area contributed by atoms with Crippen molar-refractivity contribution in [1.29, 1.82) is 0 Å². The second kappa shape index (κ2) is 15.6. The summed E-state index contributed by atoms with van der Waals surface area (Å²) in [5.74, 6) is 2.61. The van der Waals surface area contributed by atoms with Gasteiger partial charge in [-0.3, -0.25) is 9.69 Å². The highest BCUT2D eigenvalue weighted by molar-refractivity contribution is 5.96. The van der Waals surface area contributed by atoms with Crippen molar-refractivity contribution in [2.75, 3.05) is 74.9 Å². The Labute approximate surface area is 285 Å². The molecule has 0 atom stereocenters. The first-order valence-corrected chi connectivity index (χ1v) is 16.2. The van der Waals surface area contributed by atoms with E-state index in [1.165, 1.54) is 0 Å². The highest BCUT2D eigenvalue weighted by Gasteiger charge is 2.32. The van der Waals surface area contributed by atoms with E-state index in [0.29, 0.717) is 81.3 Å². The van der Waals surface area contributed by atoms with E-state index in [9.17, 15) is 9.59 Å². The number of esters is 1. The predicted octanol–water partition coefficient (Wildman–Crippen LogP) is 3.63. The van der Waals surface area contributed by atoms with Crippen LogP contribution in [0.2, 0.25) is 0 Å². The molecule has 0 aliphatic carbocycles. The maximum Gasteiger partial charge on any atom is 0.325 e. The number of ether oxygens (including phenoxy) is 4. The van der Waals surface area contributed by atoms with E-state index in [4.69, 9.17) is 38.9 Å². The zero-order chi connectivity index (χ0) is 34.2. The SMILES string of the molecule is CCOC(=O)CNC(=O)N1CCc2c(-c3cnc(N(Cc4ccc(OC)cc4)Cc4ccc(OC)cc4)nc3)nc(N3CCOCC3)nc21. The van der Waals surface area contributed by atoms with Gasteiger partial charge in [0.2, 0.25) is 11.9 Å². The quantitative estimate of drug-likeness (QED) is 0.220. The second-order valence-corrected chi connectivity index (χ2v) is 11.5. The van der Waals surface area contributed by atoms with Gasteiger partial charge in [-0.15, -0.1) is 0 Å². The highest BCUT2D eigenvalue weighted by Crippen LogP contribution is 2.36. The molecular formula is C35H40N8O6. The number of nitrogens with one attached hydrogen (secondary N) is 1. The molecule has 4 heterocycles. The van der Waals surface area contributed by atoms with E-state index < -0.39 is 12.0 Å². The summed E-state index contributed by atoms with van der Waals surface area (Å²) in [5.41, 5.74) is 4.34. The molecule has 2 aromatic heterocycles. The van der Waals surface area contributed by atoms with Crippen LogP contribution >= 0.6 is 0 Å².